The van der Waals surface area contributed by atoms with Crippen molar-refractivity contribution in [3.63, 3.8) is 0 Å². The Hall–Kier alpha value is -0.120. The maximum absolute atomic E-state index is 5.36. The van der Waals surface area contributed by atoms with Crippen molar-refractivity contribution in [1.29, 1.82) is 0 Å². The smallest absolute Gasteiger partial charge is 0.0591 e. The third-order valence-corrected chi connectivity index (χ3v) is 1.47. The third kappa shape index (κ3) is 17.8. The van der Waals surface area contributed by atoms with E-state index in [4.69, 9.17) is 4.74 Å². The minimum Gasteiger partial charge on any atom is -0.379 e. The van der Waals surface area contributed by atoms with Crippen LogP contribution in [0.25, 0.3) is 0 Å². The summed E-state index contributed by atoms with van der Waals surface area (Å²) in [6.45, 7) is 14.9. The second kappa shape index (κ2) is 15.4. The van der Waals surface area contributed by atoms with Crippen molar-refractivity contribution < 1.29 is 4.74 Å². The van der Waals surface area contributed by atoms with Crippen LogP contribution in [-0.2, 0) is 4.74 Å². The Morgan fingerprint density at radius 2 is 1.64 bits per heavy atom. The number of nitrogens with one attached hydrogen (secondary N) is 2. The Morgan fingerprint density at radius 3 is 2.14 bits per heavy atom. The zero-order valence-corrected chi connectivity index (χ0v) is 10.5. The Labute approximate surface area is 89.6 Å². The molecular weight excluding hydrogens is 176 g/mol. The van der Waals surface area contributed by atoms with E-state index in [1.165, 1.54) is 0 Å². The lowest BCUT2D eigenvalue weighted by Gasteiger charge is -2.08. The van der Waals surface area contributed by atoms with E-state index in [1.54, 1.807) is 0 Å². The summed E-state index contributed by atoms with van der Waals surface area (Å²) in [4.78, 5) is 0. The van der Waals surface area contributed by atoms with Gasteiger partial charge in [0, 0.05) is 19.1 Å². The summed E-state index contributed by atoms with van der Waals surface area (Å²) in [5.41, 5.74) is 0. The first-order valence-corrected chi connectivity index (χ1v) is 5.79. The van der Waals surface area contributed by atoms with Crippen molar-refractivity contribution in [2.45, 2.75) is 40.7 Å². The molecule has 88 valence electrons. The van der Waals surface area contributed by atoms with Crippen LogP contribution in [0.4, 0.5) is 0 Å². The maximum atomic E-state index is 5.36. The standard InChI is InChI=1S/C9H22N2O.C2H6/c1-4-10-5-7-12-8-6-11-9(2)3;1-2/h9-11H,4-8H2,1-3H3;1-2H3. The van der Waals surface area contributed by atoms with Crippen molar-refractivity contribution in [1.82, 2.24) is 10.6 Å². The highest BCUT2D eigenvalue weighted by molar-refractivity contribution is 4.51. The zero-order chi connectivity index (χ0) is 11.2. The van der Waals surface area contributed by atoms with Gasteiger partial charge in [-0.05, 0) is 6.54 Å². The minimum atomic E-state index is 0.558. The Bertz CT molecular complexity index is 87.4. The van der Waals surface area contributed by atoms with Gasteiger partial charge in [0.15, 0.2) is 0 Å². The van der Waals surface area contributed by atoms with Gasteiger partial charge in [-0.3, -0.25) is 0 Å². The van der Waals surface area contributed by atoms with Crippen LogP contribution in [0.3, 0.4) is 0 Å². The normalized spacial score (nSPS) is 9.86. The van der Waals surface area contributed by atoms with Crippen LogP contribution in [0.1, 0.15) is 34.6 Å². The van der Waals surface area contributed by atoms with Crippen molar-refractivity contribution in [2.24, 2.45) is 0 Å². The topological polar surface area (TPSA) is 33.3 Å². The molecule has 14 heavy (non-hydrogen) atoms. The molecule has 0 aliphatic carbocycles. The van der Waals surface area contributed by atoms with E-state index in [1.807, 2.05) is 13.8 Å². The highest BCUT2D eigenvalue weighted by atomic mass is 16.5. The number of hydrogen-bond acceptors (Lipinski definition) is 3. The van der Waals surface area contributed by atoms with Crippen LogP contribution < -0.4 is 10.6 Å². The molecule has 0 aromatic heterocycles. The number of ether oxygens (including phenoxy) is 1. The predicted molar refractivity (Wildman–Crippen MR) is 63.8 cm³/mol. The highest BCUT2D eigenvalue weighted by Gasteiger charge is 1.91. The highest BCUT2D eigenvalue weighted by Crippen LogP contribution is 1.76. The van der Waals surface area contributed by atoms with Gasteiger partial charge in [0.1, 0.15) is 0 Å². The second-order valence-electron chi connectivity index (χ2n) is 3.07. The van der Waals surface area contributed by atoms with Gasteiger partial charge < -0.3 is 15.4 Å². The van der Waals surface area contributed by atoms with E-state index in [0.717, 1.165) is 32.8 Å². The van der Waals surface area contributed by atoms with Gasteiger partial charge in [0.05, 0.1) is 13.2 Å². The molecule has 0 aromatic rings. The van der Waals surface area contributed by atoms with Crippen LogP contribution in [0.15, 0.2) is 0 Å². The minimum absolute atomic E-state index is 0.558. The summed E-state index contributed by atoms with van der Waals surface area (Å²) in [6.07, 6.45) is 0. The molecule has 0 aliphatic rings. The first-order chi connectivity index (χ1) is 6.77. The molecule has 0 aromatic carbocycles. The molecule has 0 fully saturated rings. The molecule has 2 N–H and O–H groups in total. The quantitative estimate of drug-likeness (QED) is 0.590. The number of rotatable bonds is 8. The van der Waals surface area contributed by atoms with E-state index in [0.29, 0.717) is 6.04 Å². The molecule has 0 unspecified atom stereocenters. The predicted octanol–water partition coefficient (Wildman–Crippen LogP) is 1.64. The fourth-order valence-electron chi connectivity index (χ4n) is 0.843. The summed E-state index contributed by atoms with van der Waals surface area (Å²) in [6, 6.07) is 0.558. The molecule has 0 saturated heterocycles. The van der Waals surface area contributed by atoms with E-state index in [-0.39, 0.29) is 0 Å². The van der Waals surface area contributed by atoms with Crippen LogP contribution in [0.2, 0.25) is 0 Å². The van der Waals surface area contributed by atoms with E-state index < -0.39 is 0 Å². The summed E-state index contributed by atoms with van der Waals surface area (Å²) in [5.74, 6) is 0. The van der Waals surface area contributed by atoms with Crippen LogP contribution in [0.5, 0.6) is 0 Å². The first kappa shape index (κ1) is 16.3. The average molecular weight is 204 g/mol. The van der Waals surface area contributed by atoms with Crippen LogP contribution in [0, 0.1) is 0 Å². The van der Waals surface area contributed by atoms with Crippen molar-refractivity contribution in [3.8, 4) is 0 Å². The molecule has 0 heterocycles. The van der Waals surface area contributed by atoms with Crippen molar-refractivity contribution in [3.05, 3.63) is 0 Å². The Morgan fingerprint density at radius 1 is 1.07 bits per heavy atom. The van der Waals surface area contributed by atoms with E-state index >= 15 is 0 Å². The molecule has 0 amide bonds. The van der Waals surface area contributed by atoms with Gasteiger partial charge in [0.25, 0.3) is 0 Å². The summed E-state index contributed by atoms with van der Waals surface area (Å²) in [5, 5.41) is 6.49. The first-order valence-electron chi connectivity index (χ1n) is 5.79. The van der Waals surface area contributed by atoms with Gasteiger partial charge in [-0.1, -0.05) is 34.6 Å². The average Bonchev–Trinajstić information content (AvgIpc) is 2.19. The molecule has 0 atom stereocenters. The largest absolute Gasteiger partial charge is 0.379 e. The summed E-state index contributed by atoms with van der Waals surface area (Å²) in [7, 11) is 0. The van der Waals surface area contributed by atoms with E-state index in [9.17, 15) is 0 Å². The van der Waals surface area contributed by atoms with Crippen molar-refractivity contribution in [2.75, 3.05) is 32.8 Å². The fraction of sp³-hybridized carbons (Fsp3) is 1.00. The second-order valence-corrected chi connectivity index (χ2v) is 3.07. The van der Waals surface area contributed by atoms with Gasteiger partial charge in [-0.25, -0.2) is 0 Å². The lowest BCUT2D eigenvalue weighted by Crippen LogP contribution is -2.28. The van der Waals surface area contributed by atoms with Crippen LogP contribution >= 0.6 is 0 Å². The molecule has 0 aliphatic heterocycles. The number of likely N-dealkylation sites (N-methyl/N-ethyl adjacent to an activating group) is 1. The monoisotopic (exact) mass is 204 g/mol. The van der Waals surface area contributed by atoms with Gasteiger partial charge >= 0.3 is 0 Å². The molecular formula is C11H28N2O. The lowest BCUT2D eigenvalue weighted by molar-refractivity contribution is 0.136. The fourth-order valence-corrected chi connectivity index (χ4v) is 0.843. The summed E-state index contributed by atoms with van der Waals surface area (Å²) < 4.78 is 5.36. The van der Waals surface area contributed by atoms with Crippen molar-refractivity contribution >= 4 is 0 Å². The van der Waals surface area contributed by atoms with Gasteiger partial charge in [0.2, 0.25) is 0 Å². The lowest BCUT2D eigenvalue weighted by atomic mass is 10.4. The molecule has 3 nitrogen and oxygen atoms in total. The third-order valence-electron chi connectivity index (χ3n) is 1.47. The summed E-state index contributed by atoms with van der Waals surface area (Å²) >= 11 is 0. The molecule has 0 rings (SSSR count). The molecule has 0 bridgehead atoms. The molecule has 0 saturated carbocycles. The Kier molecular flexibility index (Phi) is 17.9. The molecule has 0 spiro atoms. The molecule has 3 heteroatoms. The van der Waals surface area contributed by atoms with Gasteiger partial charge in [-0.2, -0.15) is 0 Å². The van der Waals surface area contributed by atoms with Crippen LogP contribution in [-0.4, -0.2) is 38.9 Å². The maximum Gasteiger partial charge on any atom is 0.0591 e. The van der Waals surface area contributed by atoms with E-state index in [2.05, 4.69) is 31.4 Å². The SMILES string of the molecule is CC.CCNCCOCCNC(C)C. The zero-order valence-electron chi connectivity index (χ0n) is 10.5. The van der Waals surface area contributed by atoms with Gasteiger partial charge in [-0.15, -0.1) is 0 Å². The molecule has 0 radical (unpaired) electrons. The Balaban J connectivity index is 0. The number of hydrogen-bond donors (Lipinski definition) is 2.